The number of hydrogen-bond donors (Lipinski definition) is 3. The highest BCUT2D eigenvalue weighted by molar-refractivity contribution is 6.11. The van der Waals surface area contributed by atoms with Gasteiger partial charge in [-0.05, 0) is 73.2 Å². The Morgan fingerprint density at radius 3 is 1.69 bits per heavy atom. The lowest BCUT2D eigenvalue weighted by molar-refractivity contribution is -0.385. The van der Waals surface area contributed by atoms with Crippen LogP contribution in [0.4, 0.5) is 22.7 Å². The van der Waals surface area contributed by atoms with Crippen LogP contribution in [0, 0.1) is 24.0 Å². The van der Waals surface area contributed by atoms with Gasteiger partial charge in [0, 0.05) is 29.2 Å². The minimum absolute atomic E-state index is 0.0531. The maximum absolute atomic E-state index is 13.1. The summed E-state index contributed by atoms with van der Waals surface area (Å²) in [6.07, 6.45) is 1.15. The summed E-state index contributed by atoms with van der Waals surface area (Å²) in [6, 6.07) is 20.4. The van der Waals surface area contributed by atoms with E-state index in [1.54, 1.807) is 43.2 Å². The number of fused-ring (bicyclic) bond motifs is 2. The Balaban J connectivity index is 0.000000188. The number of para-hydroxylation sites is 2. The number of ether oxygens (including phenoxy) is 2. The van der Waals surface area contributed by atoms with Gasteiger partial charge < -0.3 is 35.2 Å². The van der Waals surface area contributed by atoms with Crippen molar-refractivity contribution in [2.75, 3.05) is 43.0 Å². The van der Waals surface area contributed by atoms with Crippen LogP contribution in [0.3, 0.4) is 0 Å². The quantitative estimate of drug-likeness (QED) is 0.146. The number of nitro groups is 1. The van der Waals surface area contributed by atoms with E-state index in [2.05, 4.69) is 0 Å². The van der Waals surface area contributed by atoms with Gasteiger partial charge in [-0.2, -0.15) is 0 Å². The number of nitrogens with two attached hydrogens (primary N) is 1. The number of amides is 2. The minimum Gasteiger partial charge on any atom is -0.496 e. The molecule has 0 saturated heterocycles. The predicted octanol–water partition coefficient (Wildman–Crippen LogP) is 4.63. The van der Waals surface area contributed by atoms with Crippen LogP contribution in [0.1, 0.15) is 43.0 Å². The van der Waals surface area contributed by atoms with Crippen LogP contribution >= 0.6 is 0 Å². The number of benzene rings is 4. The number of anilines is 3. The van der Waals surface area contributed by atoms with Crippen LogP contribution < -0.4 is 25.0 Å². The molecule has 2 aliphatic heterocycles. The molecule has 2 atom stereocenters. The van der Waals surface area contributed by atoms with Crippen LogP contribution in [0.25, 0.3) is 0 Å². The van der Waals surface area contributed by atoms with E-state index in [1.165, 1.54) is 24.1 Å². The Bertz CT molecular complexity index is 1880. The standard InChI is InChI=1S/C18H18N2O5.C18H20N2O3/c1-11-7-16(20(23)24)14(9-17(11)25-2)18(22)19-13(10-21)8-12-5-3-4-6-15(12)19;1-11-7-15(19)14(9-17(11)23-2)18(22)20-13(10-21)8-12-5-3-4-6-16(12)20/h3-7,9,13,21H,8,10H2,1-2H3;3-7,9,13,21H,8,10,19H2,1-2H3/t2*13-/m00/s1. The third-order valence-electron chi connectivity index (χ3n) is 8.74. The van der Waals surface area contributed by atoms with Crippen molar-refractivity contribution in [1.82, 2.24) is 0 Å². The van der Waals surface area contributed by atoms with Gasteiger partial charge in [-0.1, -0.05) is 36.4 Å². The summed E-state index contributed by atoms with van der Waals surface area (Å²) in [5.74, 6) is 0.288. The number of nitrogen functional groups attached to an aromatic ring is 1. The number of nitrogens with zero attached hydrogens (tertiary/aromatic N) is 3. The number of aliphatic hydroxyl groups excluding tert-OH is 2. The molecule has 12 heteroatoms. The summed E-state index contributed by atoms with van der Waals surface area (Å²) in [7, 11) is 3.01. The third-order valence-corrected chi connectivity index (χ3v) is 8.74. The molecule has 2 amide bonds. The summed E-state index contributed by atoms with van der Waals surface area (Å²) >= 11 is 0. The average Bonchev–Trinajstić information content (AvgIpc) is 3.66. The van der Waals surface area contributed by atoms with Crippen molar-refractivity contribution in [3.8, 4) is 11.5 Å². The number of rotatable bonds is 7. The van der Waals surface area contributed by atoms with Gasteiger partial charge in [0.15, 0.2) is 0 Å². The first-order chi connectivity index (χ1) is 23.0. The van der Waals surface area contributed by atoms with Crippen molar-refractivity contribution < 1.29 is 34.2 Å². The molecule has 12 nitrogen and oxygen atoms in total. The highest BCUT2D eigenvalue weighted by atomic mass is 16.6. The van der Waals surface area contributed by atoms with Crippen LogP contribution in [0.2, 0.25) is 0 Å². The maximum atomic E-state index is 13.1. The van der Waals surface area contributed by atoms with E-state index in [1.807, 2.05) is 43.3 Å². The van der Waals surface area contributed by atoms with Gasteiger partial charge in [0.1, 0.15) is 17.1 Å². The number of hydrogen-bond acceptors (Lipinski definition) is 9. The summed E-state index contributed by atoms with van der Waals surface area (Å²) in [5.41, 5.74) is 11.5. The van der Waals surface area contributed by atoms with Gasteiger partial charge in [-0.15, -0.1) is 0 Å². The Kier molecular flexibility index (Phi) is 9.97. The lowest BCUT2D eigenvalue weighted by Gasteiger charge is -2.25. The maximum Gasteiger partial charge on any atom is 0.282 e. The molecule has 0 unspecified atom stereocenters. The summed E-state index contributed by atoms with van der Waals surface area (Å²) in [6.45, 7) is 3.24. The first kappa shape index (κ1) is 33.9. The molecule has 0 aromatic heterocycles. The highest BCUT2D eigenvalue weighted by Gasteiger charge is 2.37. The van der Waals surface area contributed by atoms with E-state index in [9.17, 15) is 29.9 Å². The molecular formula is C36H38N4O8. The van der Waals surface area contributed by atoms with Crippen molar-refractivity contribution >= 4 is 34.6 Å². The minimum atomic E-state index is -0.574. The van der Waals surface area contributed by atoms with Crippen LogP contribution in [-0.4, -0.2) is 66.5 Å². The molecule has 48 heavy (non-hydrogen) atoms. The van der Waals surface area contributed by atoms with E-state index >= 15 is 0 Å². The van der Waals surface area contributed by atoms with Crippen molar-refractivity contribution in [3.05, 3.63) is 116 Å². The largest absolute Gasteiger partial charge is 0.496 e. The molecule has 0 fully saturated rings. The summed E-state index contributed by atoms with van der Waals surface area (Å²) in [5, 5.41) is 30.8. The lowest BCUT2D eigenvalue weighted by Crippen LogP contribution is -2.40. The number of methoxy groups -OCH3 is 2. The second-order valence-corrected chi connectivity index (χ2v) is 11.7. The van der Waals surface area contributed by atoms with Crippen LogP contribution in [-0.2, 0) is 12.8 Å². The molecule has 0 spiro atoms. The molecule has 4 N–H and O–H groups in total. The van der Waals surface area contributed by atoms with Crippen molar-refractivity contribution in [2.45, 2.75) is 38.8 Å². The molecule has 0 aliphatic carbocycles. The Morgan fingerprint density at radius 2 is 1.23 bits per heavy atom. The molecule has 0 saturated carbocycles. The summed E-state index contributed by atoms with van der Waals surface area (Å²) in [4.78, 5) is 40.1. The van der Waals surface area contributed by atoms with Gasteiger partial charge in [0.05, 0.1) is 50.0 Å². The fourth-order valence-corrected chi connectivity index (χ4v) is 6.35. The van der Waals surface area contributed by atoms with Crippen molar-refractivity contribution in [1.29, 1.82) is 0 Å². The zero-order valence-corrected chi connectivity index (χ0v) is 27.2. The Morgan fingerprint density at radius 1 is 0.792 bits per heavy atom. The number of nitro benzene ring substituents is 1. The Hall–Kier alpha value is -5.46. The fourth-order valence-electron chi connectivity index (χ4n) is 6.35. The number of carbonyl (C=O) groups excluding carboxylic acids is 2. The zero-order chi connectivity index (χ0) is 34.7. The van der Waals surface area contributed by atoms with Crippen molar-refractivity contribution in [2.24, 2.45) is 0 Å². The second kappa shape index (κ2) is 14.1. The number of aliphatic hydroxyl groups is 2. The van der Waals surface area contributed by atoms with Crippen molar-refractivity contribution in [3.63, 3.8) is 0 Å². The molecule has 2 aliphatic rings. The van der Waals surface area contributed by atoms with E-state index in [0.29, 0.717) is 46.8 Å². The van der Waals surface area contributed by atoms with Crippen LogP contribution in [0.5, 0.6) is 11.5 Å². The molecule has 4 aromatic rings. The summed E-state index contributed by atoms with van der Waals surface area (Å²) < 4.78 is 10.5. The fraction of sp³-hybridized carbons (Fsp3) is 0.278. The van der Waals surface area contributed by atoms with Crippen LogP contribution in [0.15, 0.2) is 72.8 Å². The highest BCUT2D eigenvalue weighted by Crippen LogP contribution is 2.37. The first-order valence-corrected chi connectivity index (χ1v) is 15.4. The smallest absolute Gasteiger partial charge is 0.282 e. The number of carbonyl (C=O) groups is 2. The normalized spacial score (nSPS) is 16.0. The SMILES string of the molecule is COc1cc(C(=O)N2c3ccccc3C[C@H]2CO)c(N)cc1C.COc1cc(C(=O)N2c3ccccc3C[C@H]2CO)c([N+](=O)[O-])cc1C. The molecule has 0 bridgehead atoms. The molecule has 0 radical (unpaired) electrons. The third kappa shape index (κ3) is 6.27. The number of aryl methyl sites for hydroxylation is 2. The van der Waals surface area contributed by atoms with E-state index in [0.717, 1.165) is 22.4 Å². The van der Waals surface area contributed by atoms with E-state index < -0.39 is 16.9 Å². The molecule has 2 heterocycles. The second-order valence-electron chi connectivity index (χ2n) is 11.7. The topological polar surface area (TPSA) is 169 Å². The van der Waals surface area contributed by atoms with Gasteiger partial charge in [0.25, 0.3) is 17.5 Å². The Labute approximate surface area is 278 Å². The molecule has 4 aromatic carbocycles. The van der Waals surface area contributed by atoms with E-state index in [-0.39, 0.29) is 36.4 Å². The van der Waals surface area contributed by atoms with Gasteiger partial charge >= 0.3 is 0 Å². The molecular weight excluding hydrogens is 616 g/mol. The first-order valence-electron chi connectivity index (χ1n) is 15.4. The predicted molar refractivity (Wildman–Crippen MR) is 182 cm³/mol. The zero-order valence-electron chi connectivity index (χ0n) is 27.2. The molecule has 250 valence electrons. The van der Waals surface area contributed by atoms with Gasteiger partial charge in [-0.25, -0.2) is 0 Å². The van der Waals surface area contributed by atoms with E-state index in [4.69, 9.17) is 15.2 Å². The average molecular weight is 655 g/mol. The molecule has 6 rings (SSSR count). The monoisotopic (exact) mass is 654 g/mol. The lowest BCUT2D eigenvalue weighted by atomic mass is 10.1. The van der Waals surface area contributed by atoms with Gasteiger partial charge in [0.2, 0.25) is 0 Å². The van der Waals surface area contributed by atoms with Gasteiger partial charge in [-0.3, -0.25) is 19.7 Å².